The number of hydrogen-bond acceptors (Lipinski definition) is 4. The number of nitrogens with zero attached hydrogens (tertiary/aromatic N) is 2. The van der Waals surface area contributed by atoms with Gasteiger partial charge in [-0.1, -0.05) is 23.2 Å². The molecule has 1 aliphatic rings. The van der Waals surface area contributed by atoms with Crippen LogP contribution in [0.15, 0.2) is 18.3 Å². The van der Waals surface area contributed by atoms with Crippen molar-refractivity contribution in [2.75, 3.05) is 6.79 Å². The topological polar surface area (TPSA) is 56.5 Å². The van der Waals surface area contributed by atoms with E-state index in [2.05, 4.69) is 5.10 Å². The second kappa shape index (κ2) is 4.59. The van der Waals surface area contributed by atoms with Crippen LogP contribution in [-0.2, 0) is 7.05 Å². The fourth-order valence-corrected chi connectivity index (χ4v) is 2.57. The summed E-state index contributed by atoms with van der Waals surface area (Å²) in [6, 6.07) is 3.31. The Balaban J connectivity index is 2.06. The summed E-state index contributed by atoms with van der Waals surface area (Å²) in [5.41, 5.74) is 1.07. The number of halogens is 2. The van der Waals surface area contributed by atoms with Gasteiger partial charge in [0.1, 0.15) is 6.10 Å². The normalized spacial score (nSPS) is 14.7. The lowest BCUT2D eigenvalue weighted by molar-refractivity contribution is 0.173. The monoisotopic (exact) mass is 300 g/mol. The third kappa shape index (κ3) is 2.04. The summed E-state index contributed by atoms with van der Waals surface area (Å²) in [6.07, 6.45) is 0.543. The van der Waals surface area contributed by atoms with Crippen LogP contribution in [0, 0.1) is 0 Å². The largest absolute Gasteiger partial charge is 0.454 e. The van der Waals surface area contributed by atoms with Gasteiger partial charge >= 0.3 is 0 Å². The van der Waals surface area contributed by atoms with Gasteiger partial charge in [0.25, 0.3) is 0 Å². The van der Waals surface area contributed by atoms with E-state index >= 15 is 0 Å². The van der Waals surface area contributed by atoms with Gasteiger partial charge in [-0.25, -0.2) is 0 Å². The maximum atomic E-state index is 10.4. The Kier molecular flexibility index (Phi) is 3.05. The molecular weight excluding hydrogens is 291 g/mol. The van der Waals surface area contributed by atoms with Crippen LogP contribution in [0.2, 0.25) is 10.0 Å². The van der Waals surface area contributed by atoms with Crippen molar-refractivity contribution in [1.82, 2.24) is 9.78 Å². The molecule has 0 saturated heterocycles. The number of ether oxygens (including phenoxy) is 2. The second-order valence-corrected chi connectivity index (χ2v) is 4.95. The summed E-state index contributed by atoms with van der Waals surface area (Å²) in [6.45, 7) is 0.126. The molecule has 0 bridgehead atoms. The van der Waals surface area contributed by atoms with E-state index in [9.17, 15) is 5.11 Å². The summed E-state index contributed by atoms with van der Waals surface area (Å²) in [5.74, 6) is 1.01. The number of fused-ring (bicyclic) bond motifs is 1. The molecule has 3 rings (SSSR count). The molecule has 2 heterocycles. The third-order valence-electron chi connectivity index (χ3n) is 2.96. The quantitative estimate of drug-likeness (QED) is 0.926. The van der Waals surface area contributed by atoms with Crippen LogP contribution in [0.3, 0.4) is 0 Å². The van der Waals surface area contributed by atoms with E-state index in [1.54, 1.807) is 19.2 Å². The van der Waals surface area contributed by atoms with Crippen LogP contribution in [0.25, 0.3) is 0 Å². The second-order valence-electron chi connectivity index (χ2n) is 4.14. The highest BCUT2D eigenvalue weighted by atomic mass is 35.5. The zero-order valence-electron chi connectivity index (χ0n) is 9.93. The lowest BCUT2D eigenvalue weighted by Crippen LogP contribution is -2.07. The van der Waals surface area contributed by atoms with Gasteiger partial charge in [-0.15, -0.1) is 0 Å². The molecule has 1 aromatic heterocycles. The van der Waals surface area contributed by atoms with Crippen LogP contribution in [0.1, 0.15) is 17.4 Å². The molecule has 0 saturated carbocycles. The molecule has 7 heteroatoms. The molecule has 19 heavy (non-hydrogen) atoms. The first kappa shape index (κ1) is 12.6. The van der Waals surface area contributed by atoms with Gasteiger partial charge < -0.3 is 14.6 Å². The average Bonchev–Trinajstić information content (AvgIpc) is 2.96. The number of aryl methyl sites for hydroxylation is 1. The molecule has 2 aromatic rings. The van der Waals surface area contributed by atoms with E-state index in [1.165, 1.54) is 10.9 Å². The van der Waals surface area contributed by atoms with Crippen LogP contribution in [-0.4, -0.2) is 21.7 Å². The minimum absolute atomic E-state index is 0.126. The Labute approximate surface area is 119 Å². The Morgan fingerprint density at radius 3 is 2.79 bits per heavy atom. The number of benzene rings is 1. The standard InChI is InChI=1S/C12H10Cl2N2O3/c1-16-10(8(14)4-15-16)11(17)6-2-7(13)12-9(3-6)18-5-19-12/h2-4,11,17H,5H2,1H3. The fraction of sp³-hybridized carbons (Fsp3) is 0.250. The summed E-state index contributed by atoms with van der Waals surface area (Å²) in [7, 11) is 1.71. The summed E-state index contributed by atoms with van der Waals surface area (Å²) < 4.78 is 12.0. The molecule has 0 fully saturated rings. The molecule has 0 aliphatic carbocycles. The minimum Gasteiger partial charge on any atom is -0.454 e. The highest BCUT2D eigenvalue weighted by Gasteiger charge is 2.24. The van der Waals surface area contributed by atoms with E-state index in [-0.39, 0.29) is 6.79 Å². The zero-order valence-corrected chi connectivity index (χ0v) is 11.4. The fourth-order valence-electron chi connectivity index (χ4n) is 2.03. The molecule has 0 spiro atoms. The molecule has 1 aromatic carbocycles. The van der Waals surface area contributed by atoms with Crippen molar-refractivity contribution in [3.8, 4) is 11.5 Å². The summed E-state index contributed by atoms with van der Waals surface area (Å²) >= 11 is 12.1. The number of aromatic nitrogens is 2. The first-order chi connectivity index (χ1) is 9.08. The van der Waals surface area contributed by atoms with E-state index in [4.69, 9.17) is 32.7 Å². The number of aliphatic hydroxyl groups is 1. The minimum atomic E-state index is -0.938. The maximum Gasteiger partial charge on any atom is 0.231 e. The Hall–Kier alpha value is -1.43. The smallest absolute Gasteiger partial charge is 0.231 e. The van der Waals surface area contributed by atoms with E-state index in [0.717, 1.165) is 0 Å². The van der Waals surface area contributed by atoms with Gasteiger partial charge in [0.05, 0.1) is 21.9 Å². The van der Waals surface area contributed by atoms with Gasteiger partial charge in [-0.2, -0.15) is 5.10 Å². The number of rotatable bonds is 2. The Morgan fingerprint density at radius 1 is 1.32 bits per heavy atom. The van der Waals surface area contributed by atoms with Gasteiger partial charge in [-0.05, 0) is 17.7 Å². The summed E-state index contributed by atoms with van der Waals surface area (Å²) in [5, 5.41) is 15.2. The molecule has 1 unspecified atom stereocenters. The van der Waals surface area contributed by atoms with Crippen LogP contribution in [0.5, 0.6) is 11.5 Å². The third-order valence-corrected chi connectivity index (χ3v) is 3.53. The SMILES string of the molecule is Cn1ncc(Cl)c1C(O)c1cc(Cl)c2c(c1)OCO2. The van der Waals surface area contributed by atoms with Crippen LogP contribution in [0.4, 0.5) is 0 Å². The number of aliphatic hydroxyl groups excluding tert-OH is 1. The van der Waals surface area contributed by atoms with Crippen molar-refractivity contribution in [3.63, 3.8) is 0 Å². The van der Waals surface area contributed by atoms with Crippen molar-refractivity contribution in [3.05, 3.63) is 39.6 Å². The molecule has 0 radical (unpaired) electrons. The first-order valence-corrected chi connectivity index (χ1v) is 6.28. The predicted octanol–water partition coefficient (Wildman–Crippen LogP) is 2.54. The maximum absolute atomic E-state index is 10.4. The predicted molar refractivity (Wildman–Crippen MR) is 69.9 cm³/mol. The average molecular weight is 301 g/mol. The Morgan fingerprint density at radius 2 is 2.11 bits per heavy atom. The molecule has 100 valence electrons. The summed E-state index contributed by atoms with van der Waals surface area (Å²) in [4.78, 5) is 0. The zero-order chi connectivity index (χ0) is 13.6. The lowest BCUT2D eigenvalue weighted by atomic mass is 10.1. The van der Waals surface area contributed by atoms with Gasteiger partial charge in [-0.3, -0.25) is 4.68 Å². The lowest BCUT2D eigenvalue weighted by Gasteiger charge is -2.13. The molecule has 1 aliphatic heterocycles. The van der Waals surface area contributed by atoms with Gasteiger partial charge in [0.15, 0.2) is 11.5 Å². The highest BCUT2D eigenvalue weighted by Crippen LogP contribution is 2.42. The number of hydrogen-bond donors (Lipinski definition) is 1. The van der Waals surface area contributed by atoms with Crippen molar-refractivity contribution in [2.24, 2.45) is 7.05 Å². The Bertz CT molecular complexity index is 623. The van der Waals surface area contributed by atoms with E-state index in [1.807, 2.05) is 0 Å². The highest BCUT2D eigenvalue weighted by molar-refractivity contribution is 6.32. The van der Waals surface area contributed by atoms with E-state index < -0.39 is 6.10 Å². The van der Waals surface area contributed by atoms with Crippen LogP contribution < -0.4 is 9.47 Å². The molecule has 5 nitrogen and oxygen atoms in total. The molecule has 1 atom stereocenters. The molecule has 0 amide bonds. The van der Waals surface area contributed by atoms with E-state index in [0.29, 0.717) is 32.8 Å². The van der Waals surface area contributed by atoms with Gasteiger partial charge in [0, 0.05) is 7.05 Å². The van der Waals surface area contributed by atoms with Crippen molar-refractivity contribution in [2.45, 2.75) is 6.10 Å². The molecule has 1 N–H and O–H groups in total. The van der Waals surface area contributed by atoms with Crippen molar-refractivity contribution < 1.29 is 14.6 Å². The first-order valence-electron chi connectivity index (χ1n) is 5.52. The van der Waals surface area contributed by atoms with Crippen LogP contribution >= 0.6 is 23.2 Å². The van der Waals surface area contributed by atoms with Gasteiger partial charge in [0.2, 0.25) is 6.79 Å². The molecular formula is C12H10Cl2N2O3. The van der Waals surface area contributed by atoms with Crippen molar-refractivity contribution in [1.29, 1.82) is 0 Å². The van der Waals surface area contributed by atoms with Crippen molar-refractivity contribution >= 4 is 23.2 Å².